The number of Topliss-reactive ketones (excluding diaryl/α,β-unsaturated/α-hetero) is 1. The third kappa shape index (κ3) is 1.90. The van der Waals surface area contributed by atoms with Crippen molar-refractivity contribution in [3.8, 4) is 0 Å². The van der Waals surface area contributed by atoms with Crippen LogP contribution in [-0.4, -0.2) is 23.3 Å². The molecule has 1 saturated carbocycles. The van der Waals surface area contributed by atoms with E-state index < -0.39 is 5.79 Å². The smallest absolute Gasteiger partial charge is 0.222 e. The lowest BCUT2D eigenvalue weighted by Gasteiger charge is -2.49. The monoisotopic (exact) mass is 264 g/mol. The van der Waals surface area contributed by atoms with Gasteiger partial charge in [0.25, 0.3) is 0 Å². The first kappa shape index (κ1) is 13.0. The average molecular weight is 264 g/mol. The summed E-state index contributed by atoms with van der Waals surface area (Å²) in [5, 5.41) is 10.7. The minimum Gasteiger partial charge on any atom is -0.360 e. The maximum Gasteiger partial charge on any atom is 0.222 e. The normalized spacial score (nSPS) is 42.6. The second-order valence-corrected chi connectivity index (χ2v) is 6.17. The summed E-state index contributed by atoms with van der Waals surface area (Å²) in [5.41, 5.74) is 2.73. The number of carbonyl (C=O) groups excluding carboxylic acids is 1. The fourth-order valence-electron chi connectivity index (χ4n) is 3.79. The molecule has 0 aromatic heterocycles. The third-order valence-corrected chi connectivity index (χ3v) is 4.77. The number of ketones is 1. The molecule has 0 radical (unpaired) electrons. The predicted molar refractivity (Wildman–Crippen MR) is 68.8 cm³/mol. The van der Waals surface area contributed by atoms with Crippen LogP contribution in [0.5, 0.6) is 0 Å². The van der Waals surface area contributed by atoms with Crippen molar-refractivity contribution in [1.29, 1.82) is 0 Å². The van der Waals surface area contributed by atoms with Crippen LogP contribution in [0, 0.1) is 17.8 Å². The highest BCUT2D eigenvalue weighted by Gasteiger charge is 2.52. The van der Waals surface area contributed by atoms with Crippen LogP contribution >= 0.6 is 0 Å². The summed E-state index contributed by atoms with van der Waals surface area (Å²) < 4.78 is 0. The Morgan fingerprint density at radius 3 is 2.89 bits per heavy atom. The van der Waals surface area contributed by atoms with E-state index in [4.69, 9.17) is 9.78 Å². The van der Waals surface area contributed by atoms with Gasteiger partial charge in [-0.2, -0.15) is 4.89 Å². The lowest BCUT2D eigenvalue weighted by molar-refractivity contribution is -0.420. The number of allylic oxidation sites excluding steroid dienone is 2. The molecular weight excluding hydrogens is 244 g/mol. The second-order valence-electron chi connectivity index (χ2n) is 6.17. The number of fused-ring (bicyclic) bond motifs is 3. The Bertz CT molecular complexity index is 490. The molecule has 4 nitrogen and oxygen atoms in total. The Balaban J connectivity index is 2.11. The van der Waals surface area contributed by atoms with E-state index >= 15 is 0 Å². The predicted octanol–water partition coefficient (Wildman–Crippen LogP) is 2.14. The van der Waals surface area contributed by atoms with Crippen LogP contribution in [0.25, 0.3) is 0 Å². The minimum atomic E-state index is -1.32. The summed E-state index contributed by atoms with van der Waals surface area (Å²) in [7, 11) is 0. The van der Waals surface area contributed by atoms with E-state index in [2.05, 4.69) is 6.92 Å². The molecule has 1 fully saturated rings. The van der Waals surface area contributed by atoms with Crippen molar-refractivity contribution < 1.29 is 19.7 Å². The van der Waals surface area contributed by atoms with Crippen LogP contribution in [0.15, 0.2) is 22.8 Å². The van der Waals surface area contributed by atoms with Gasteiger partial charge in [0.15, 0.2) is 5.78 Å². The molecule has 3 aliphatic rings. The molecule has 4 atom stereocenters. The first-order valence-corrected chi connectivity index (χ1v) is 6.87. The number of carbonyl (C=O) groups is 1. The zero-order valence-electron chi connectivity index (χ0n) is 11.6. The average Bonchev–Trinajstić information content (AvgIpc) is 2.31. The van der Waals surface area contributed by atoms with Crippen LogP contribution in [0.2, 0.25) is 0 Å². The lowest BCUT2D eigenvalue weighted by atomic mass is 9.62. The zero-order chi connectivity index (χ0) is 13.8. The quantitative estimate of drug-likeness (QED) is 0.538. The van der Waals surface area contributed by atoms with Gasteiger partial charge in [0, 0.05) is 18.8 Å². The molecule has 0 unspecified atom stereocenters. The number of hydrogen-bond acceptors (Lipinski definition) is 4. The van der Waals surface area contributed by atoms with Crippen molar-refractivity contribution in [3.63, 3.8) is 0 Å². The molecule has 4 heteroatoms. The maximum atomic E-state index is 11.9. The topological polar surface area (TPSA) is 55.8 Å². The molecule has 2 aliphatic carbocycles. The summed E-state index contributed by atoms with van der Waals surface area (Å²) in [5.74, 6) is -0.509. The van der Waals surface area contributed by atoms with Crippen molar-refractivity contribution in [2.75, 3.05) is 6.61 Å². The molecule has 0 bridgehead atoms. The van der Waals surface area contributed by atoms with Gasteiger partial charge in [0.2, 0.25) is 5.79 Å². The number of hydrogen-bond donors (Lipinski definition) is 1. The van der Waals surface area contributed by atoms with E-state index in [0.717, 1.165) is 16.7 Å². The van der Waals surface area contributed by atoms with Crippen molar-refractivity contribution in [2.24, 2.45) is 17.8 Å². The standard InChI is InChI=1S/C15H20O4/c1-8-4-12-11(5-13(8)16)9(2)6-15(17)14(12)10(3)7-18-19-15/h4,9,11-12,17H,5-7H2,1-3H3/t9-,11+,12+,15+/m0/s1. The summed E-state index contributed by atoms with van der Waals surface area (Å²) in [6.45, 7) is 6.28. The van der Waals surface area contributed by atoms with Crippen LogP contribution in [0.3, 0.4) is 0 Å². The van der Waals surface area contributed by atoms with Crippen molar-refractivity contribution >= 4 is 5.78 Å². The van der Waals surface area contributed by atoms with Crippen LogP contribution in [-0.2, 0) is 14.6 Å². The molecule has 19 heavy (non-hydrogen) atoms. The van der Waals surface area contributed by atoms with Crippen molar-refractivity contribution in [1.82, 2.24) is 0 Å². The van der Waals surface area contributed by atoms with E-state index in [9.17, 15) is 9.90 Å². The van der Waals surface area contributed by atoms with Gasteiger partial charge in [-0.25, -0.2) is 4.89 Å². The molecule has 1 N–H and O–H groups in total. The van der Waals surface area contributed by atoms with E-state index in [1.54, 1.807) is 0 Å². The van der Waals surface area contributed by atoms with E-state index in [0.29, 0.717) is 19.4 Å². The highest BCUT2D eigenvalue weighted by atomic mass is 17.2. The Morgan fingerprint density at radius 1 is 1.42 bits per heavy atom. The van der Waals surface area contributed by atoms with Gasteiger partial charge in [-0.15, -0.1) is 0 Å². The fraction of sp³-hybridized carbons (Fsp3) is 0.667. The SMILES string of the molecule is CC1=C[C@H]2C3=C(C)COO[C@]3(O)C[C@H](C)[C@H]2CC1=O. The summed E-state index contributed by atoms with van der Waals surface area (Å²) in [6.07, 6.45) is 3.06. The van der Waals surface area contributed by atoms with Gasteiger partial charge in [-0.1, -0.05) is 13.0 Å². The minimum absolute atomic E-state index is 0.0929. The van der Waals surface area contributed by atoms with Gasteiger partial charge in [0.05, 0.1) is 0 Å². The summed E-state index contributed by atoms with van der Waals surface area (Å²) in [4.78, 5) is 22.2. The second kappa shape index (κ2) is 4.27. The first-order chi connectivity index (χ1) is 8.92. The Kier molecular flexibility index (Phi) is 2.93. The Hall–Kier alpha value is -0.970. The van der Waals surface area contributed by atoms with Crippen molar-refractivity contribution in [2.45, 2.75) is 39.4 Å². The van der Waals surface area contributed by atoms with Crippen molar-refractivity contribution in [3.05, 3.63) is 22.8 Å². The highest BCUT2D eigenvalue weighted by molar-refractivity contribution is 5.96. The van der Waals surface area contributed by atoms with Gasteiger partial charge in [-0.05, 0) is 42.4 Å². The molecule has 0 aromatic carbocycles. The molecule has 0 aromatic rings. The zero-order valence-corrected chi connectivity index (χ0v) is 11.6. The van der Waals surface area contributed by atoms with Crippen LogP contribution < -0.4 is 0 Å². The largest absolute Gasteiger partial charge is 0.360 e. The molecule has 0 saturated heterocycles. The van der Waals surface area contributed by atoms with E-state index in [1.165, 1.54) is 0 Å². The van der Waals surface area contributed by atoms with Gasteiger partial charge in [0.1, 0.15) is 6.61 Å². The molecule has 0 spiro atoms. The maximum absolute atomic E-state index is 11.9. The van der Waals surface area contributed by atoms with Gasteiger partial charge >= 0.3 is 0 Å². The molecule has 3 rings (SSSR count). The first-order valence-electron chi connectivity index (χ1n) is 6.87. The number of rotatable bonds is 0. The van der Waals surface area contributed by atoms with E-state index in [-0.39, 0.29) is 23.5 Å². The van der Waals surface area contributed by atoms with E-state index in [1.807, 2.05) is 19.9 Å². The molecule has 0 amide bonds. The summed E-state index contributed by atoms with van der Waals surface area (Å²) in [6, 6.07) is 0. The molecule has 1 aliphatic heterocycles. The Morgan fingerprint density at radius 2 is 2.16 bits per heavy atom. The van der Waals surface area contributed by atoms with Crippen LogP contribution in [0.4, 0.5) is 0 Å². The lowest BCUT2D eigenvalue weighted by Crippen LogP contribution is -2.51. The van der Waals surface area contributed by atoms with Crippen LogP contribution in [0.1, 0.15) is 33.6 Å². The molecular formula is C15H20O4. The summed E-state index contributed by atoms with van der Waals surface area (Å²) >= 11 is 0. The molecule has 104 valence electrons. The molecule has 1 heterocycles. The van der Waals surface area contributed by atoms with Gasteiger partial charge < -0.3 is 5.11 Å². The fourth-order valence-corrected chi connectivity index (χ4v) is 3.79. The highest BCUT2D eigenvalue weighted by Crippen LogP contribution is 2.51. The number of aliphatic hydroxyl groups is 1. The third-order valence-electron chi connectivity index (χ3n) is 4.77. The Labute approximate surface area is 113 Å². The van der Waals surface area contributed by atoms with Gasteiger partial charge in [-0.3, -0.25) is 4.79 Å².